The van der Waals surface area contributed by atoms with Crippen molar-refractivity contribution < 1.29 is 14.7 Å². The fourth-order valence-corrected chi connectivity index (χ4v) is 2.59. The zero-order valence-corrected chi connectivity index (χ0v) is 10.6. The molecular formula is C13H20N2O3. The van der Waals surface area contributed by atoms with Crippen LogP contribution in [0.1, 0.15) is 19.8 Å². The molecule has 0 aromatic carbocycles. The van der Waals surface area contributed by atoms with Gasteiger partial charge in [0.2, 0.25) is 11.8 Å². The number of rotatable bonds is 5. The Labute approximate surface area is 107 Å². The van der Waals surface area contributed by atoms with Crippen molar-refractivity contribution in [1.82, 2.24) is 10.2 Å². The number of nitrogens with zero attached hydrogens (tertiary/aromatic N) is 1. The molecule has 3 atom stereocenters. The number of imide groups is 1. The Balaban J connectivity index is 1.86. The van der Waals surface area contributed by atoms with Crippen LogP contribution in [0, 0.1) is 11.8 Å². The summed E-state index contributed by atoms with van der Waals surface area (Å²) in [5.74, 6) is -0.347. The molecule has 1 aliphatic carbocycles. The van der Waals surface area contributed by atoms with Crippen molar-refractivity contribution >= 4 is 11.8 Å². The summed E-state index contributed by atoms with van der Waals surface area (Å²) in [6.07, 6.45) is 4.93. The Morgan fingerprint density at radius 2 is 1.89 bits per heavy atom. The molecule has 1 fully saturated rings. The monoisotopic (exact) mass is 252 g/mol. The average molecular weight is 252 g/mol. The zero-order chi connectivity index (χ0) is 13.1. The number of hydrogen-bond acceptors (Lipinski definition) is 4. The molecule has 2 N–H and O–H groups in total. The molecule has 1 aliphatic heterocycles. The first-order chi connectivity index (χ1) is 8.61. The van der Waals surface area contributed by atoms with Crippen LogP contribution in [0.4, 0.5) is 0 Å². The van der Waals surface area contributed by atoms with Gasteiger partial charge in [-0.3, -0.25) is 14.5 Å². The highest BCUT2D eigenvalue weighted by atomic mass is 16.3. The van der Waals surface area contributed by atoms with Gasteiger partial charge in [-0.05, 0) is 19.8 Å². The molecule has 5 heteroatoms. The van der Waals surface area contributed by atoms with Gasteiger partial charge in [-0.1, -0.05) is 12.2 Å². The molecule has 1 heterocycles. The SMILES string of the molecule is CC(O)CNCCN1C(=O)C2CC=CCC2C1=O. The van der Waals surface area contributed by atoms with E-state index in [1.807, 2.05) is 12.2 Å². The minimum atomic E-state index is -0.415. The fraction of sp³-hybridized carbons (Fsp3) is 0.692. The van der Waals surface area contributed by atoms with Crippen molar-refractivity contribution in [2.24, 2.45) is 11.8 Å². The van der Waals surface area contributed by atoms with Crippen LogP contribution in [0.2, 0.25) is 0 Å². The maximum absolute atomic E-state index is 12.1. The molecular weight excluding hydrogens is 232 g/mol. The second-order valence-corrected chi connectivity index (χ2v) is 5.04. The van der Waals surface area contributed by atoms with E-state index in [0.717, 1.165) is 0 Å². The first kappa shape index (κ1) is 13.2. The summed E-state index contributed by atoms with van der Waals surface area (Å²) in [6.45, 7) is 3.11. The van der Waals surface area contributed by atoms with Gasteiger partial charge < -0.3 is 10.4 Å². The third kappa shape index (κ3) is 2.62. The highest BCUT2D eigenvalue weighted by molar-refractivity contribution is 6.05. The lowest BCUT2D eigenvalue weighted by Crippen LogP contribution is -2.38. The fourth-order valence-electron chi connectivity index (χ4n) is 2.59. The zero-order valence-electron chi connectivity index (χ0n) is 10.6. The van der Waals surface area contributed by atoms with E-state index < -0.39 is 6.10 Å². The number of allylic oxidation sites excluding steroid dienone is 2. The average Bonchev–Trinajstić information content (AvgIpc) is 2.59. The van der Waals surface area contributed by atoms with Gasteiger partial charge >= 0.3 is 0 Å². The summed E-state index contributed by atoms with van der Waals surface area (Å²) in [5, 5.41) is 12.1. The molecule has 0 spiro atoms. The predicted octanol–water partition coefficient (Wildman–Crippen LogP) is -0.0920. The van der Waals surface area contributed by atoms with Crippen molar-refractivity contribution in [2.45, 2.75) is 25.9 Å². The van der Waals surface area contributed by atoms with Crippen LogP contribution in [-0.4, -0.2) is 47.6 Å². The third-order valence-corrected chi connectivity index (χ3v) is 3.55. The molecule has 0 saturated carbocycles. The Hall–Kier alpha value is -1.20. The Bertz CT molecular complexity index is 339. The molecule has 0 radical (unpaired) electrons. The van der Waals surface area contributed by atoms with E-state index in [-0.39, 0.29) is 23.7 Å². The molecule has 3 unspecified atom stereocenters. The molecule has 2 amide bonds. The molecule has 2 aliphatic rings. The first-order valence-corrected chi connectivity index (χ1v) is 6.50. The maximum atomic E-state index is 12.1. The van der Waals surface area contributed by atoms with Crippen LogP contribution in [0.3, 0.4) is 0 Å². The van der Waals surface area contributed by atoms with Crippen LogP contribution < -0.4 is 5.32 Å². The van der Waals surface area contributed by atoms with E-state index in [1.165, 1.54) is 4.90 Å². The number of amides is 2. The predicted molar refractivity (Wildman–Crippen MR) is 66.6 cm³/mol. The number of aliphatic hydroxyl groups excluding tert-OH is 1. The summed E-state index contributed by atoms with van der Waals surface area (Å²) in [4.78, 5) is 25.5. The van der Waals surface area contributed by atoms with Crippen LogP contribution >= 0.6 is 0 Å². The van der Waals surface area contributed by atoms with Crippen molar-refractivity contribution in [3.63, 3.8) is 0 Å². The van der Waals surface area contributed by atoms with Crippen LogP contribution in [-0.2, 0) is 9.59 Å². The minimum absolute atomic E-state index is 0.0341. The van der Waals surface area contributed by atoms with E-state index in [9.17, 15) is 9.59 Å². The minimum Gasteiger partial charge on any atom is -0.392 e. The largest absolute Gasteiger partial charge is 0.392 e. The van der Waals surface area contributed by atoms with Crippen molar-refractivity contribution in [3.05, 3.63) is 12.2 Å². The van der Waals surface area contributed by atoms with E-state index in [1.54, 1.807) is 6.92 Å². The topological polar surface area (TPSA) is 69.6 Å². The smallest absolute Gasteiger partial charge is 0.233 e. The summed E-state index contributed by atoms with van der Waals surface area (Å²) in [6, 6.07) is 0. The second kappa shape index (κ2) is 5.63. The highest BCUT2D eigenvalue weighted by Crippen LogP contribution is 2.34. The number of hydrogen-bond donors (Lipinski definition) is 2. The quantitative estimate of drug-likeness (QED) is 0.407. The van der Waals surface area contributed by atoms with Gasteiger partial charge in [0.05, 0.1) is 17.9 Å². The van der Waals surface area contributed by atoms with E-state index in [0.29, 0.717) is 32.5 Å². The van der Waals surface area contributed by atoms with Gasteiger partial charge in [0, 0.05) is 19.6 Å². The van der Waals surface area contributed by atoms with Crippen LogP contribution in [0.15, 0.2) is 12.2 Å². The van der Waals surface area contributed by atoms with Gasteiger partial charge in [0.15, 0.2) is 0 Å². The summed E-state index contributed by atoms with van der Waals surface area (Å²) in [7, 11) is 0. The third-order valence-electron chi connectivity index (χ3n) is 3.55. The normalized spacial score (nSPS) is 28.7. The number of nitrogens with one attached hydrogen (secondary N) is 1. The molecule has 5 nitrogen and oxygen atoms in total. The molecule has 18 heavy (non-hydrogen) atoms. The van der Waals surface area contributed by atoms with Crippen molar-refractivity contribution in [1.29, 1.82) is 0 Å². The number of likely N-dealkylation sites (tertiary alicyclic amines) is 1. The summed E-state index contributed by atoms with van der Waals surface area (Å²) >= 11 is 0. The van der Waals surface area contributed by atoms with Gasteiger partial charge in [-0.15, -0.1) is 0 Å². The second-order valence-electron chi connectivity index (χ2n) is 5.04. The summed E-state index contributed by atoms with van der Waals surface area (Å²) in [5.41, 5.74) is 0. The number of aliphatic hydroxyl groups is 1. The van der Waals surface area contributed by atoms with Crippen molar-refractivity contribution in [3.8, 4) is 0 Å². The lowest BCUT2D eigenvalue weighted by Gasteiger charge is -2.15. The van der Waals surface area contributed by atoms with Gasteiger partial charge in [-0.25, -0.2) is 0 Å². The lowest BCUT2D eigenvalue weighted by atomic mass is 9.85. The Morgan fingerprint density at radius 3 is 2.39 bits per heavy atom. The Morgan fingerprint density at radius 1 is 1.33 bits per heavy atom. The molecule has 0 aromatic rings. The van der Waals surface area contributed by atoms with Crippen LogP contribution in [0.25, 0.3) is 0 Å². The highest BCUT2D eigenvalue weighted by Gasteiger charge is 2.46. The number of fused-ring (bicyclic) bond motifs is 1. The van der Waals surface area contributed by atoms with Gasteiger partial charge in [-0.2, -0.15) is 0 Å². The van der Waals surface area contributed by atoms with Gasteiger partial charge in [0.1, 0.15) is 0 Å². The lowest BCUT2D eigenvalue weighted by molar-refractivity contribution is -0.139. The molecule has 0 bridgehead atoms. The van der Waals surface area contributed by atoms with Gasteiger partial charge in [0.25, 0.3) is 0 Å². The molecule has 1 saturated heterocycles. The molecule has 0 aromatic heterocycles. The summed E-state index contributed by atoms with van der Waals surface area (Å²) < 4.78 is 0. The van der Waals surface area contributed by atoms with Crippen LogP contribution in [0.5, 0.6) is 0 Å². The van der Waals surface area contributed by atoms with E-state index in [2.05, 4.69) is 5.32 Å². The van der Waals surface area contributed by atoms with E-state index >= 15 is 0 Å². The maximum Gasteiger partial charge on any atom is 0.233 e. The van der Waals surface area contributed by atoms with E-state index in [4.69, 9.17) is 5.11 Å². The standard InChI is InChI=1S/C13H20N2O3/c1-9(16)8-14-6-7-15-12(17)10-4-2-3-5-11(10)13(15)18/h2-3,9-11,14,16H,4-8H2,1H3. The molecule has 2 rings (SSSR count). The molecule has 100 valence electrons. The first-order valence-electron chi connectivity index (χ1n) is 6.50. The Kier molecular flexibility index (Phi) is 4.14. The number of carbonyl (C=O) groups excluding carboxylic acids is 2. The van der Waals surface area contributed by atoms with Crippen molar-refractivity contribution in [2.75, 3.05) is 19.6 Å². The number of carbonyl (C=O) groups is 2.